The van der Waals surface area contributed by atoms with Gasteiger partial charge in [0.05, 0.1) is 13.2 Å². The molecule has 1 aromatic carbocycles. The lowest BCUT2D eigenvalue weighted by Gasteiger charge is -2.23. The summed E-state index contributed by atoms with van der Waals surface area (Å²) >= 11 is 0. The number of hydrogen-bond acceptors (Lipinski definition) is 4. The van der Waals surface area contributed by atoms with Gasteiger partial charge in [-0.3, -0.25) is 0 Å². The minimum absolute atomic E-state index is 0.211. The summed E-state index contributed by atoms with van der Waals surface area (Å²) < 4.78 is 15.6. The van der Waals surface area contributed by atoms with Gasteiger partial charge in [0, 0.05) is 12.5 Å². The van der Waals surface area contributed by atoms with Crippen molar-refractivity contribution in [2.24, 2.45) is 11.3 Å². The molecule has 0 saturated heterocycles. The van der Waals surface area contributed by atoms with Crippen molar-refractivity contribution in [3.05, 3.63) is 35.9 Å². The number of carbonyl (C=O) groups excluding carboxylic acids is 1. The molecule has 4 nitrogen and oxygen atoms in total. The maximum absolute atomic E-state index is 11.8. The molecule has 1 rings (SSSR count). The highest BCUT2D eigenvalue weighted by atomic mass is 16.7. The van der Waals surface area contributed by atoms with E-state index in [9.17, 15) is 4.79 Å². The van der Waals surface area contributed by atoms with Crippen molar-refractivity contribution < 1.29 is 19.0 Å². The largest absolute Gasteiger partial charge is 0.508 e. The van der Waals surface area contributed by atoms with E-state index in [0.717, 1.165) is 19.3 Å². The van der Waals surface area contributed by atoms with Crippen LogP contribution in [0.2, 0.25) is 0 Å². The molecule has 25 heavy (non-hydrogen) atoms. The zero-order valence-corrected chi connectivity index (χ0v) is 16.4. The van der Waals surface area contributed by atoms with Crippen molar-refractivity contribution in [2.75, 3.05) is 26.9 Å². The number of methoxy groups -OCH3 is 1. The Hall–Kier alpha value is -1.55. The first-order valence-corrected chi connectivity index (χ1v) is 9.21. The van der Waals surface area contributed by atoms with Crippen LogP contribution in [0.3, 0.4) is 0 Å². The van der Waals surface area contributed by atoms with Gasteiger partial charge in [0.15, 0.2) is 0 Å². The van der Waals surface area contributed by atoms with Gasteiger partial charge < -0.3 is 14.2 Å². The SMILES string of the molecule is CCC(C)CC(CCOC(=O)OCC(C)(C)COC)c1ccccc1. The first-order valence-electron chi connectivity index (χ1n) is 9.21. The summed E-state index contributed by atoms with van der Waals surface area (Å²) in [5.41, 5.74) is 1.10. The second-order valence-electron chi connectivity index (χ2n) is 7.63. The van der Waals surface area contributed by atoms with Crippen molar-refractivity contribution in [1.29, 1.82) is 0 Å². The quantitative estimate of drug-likeness (QED) is 0.500. The van der Waals surface area contributed by atoms with Crippen LogP contribution < -0.4 is 0 Å². The molecular weight excluding hydrogens is 316 g/mol. The van der Waals surface area contributed by atoms with Gasteiger partial charge >= 0.3 is 6.16 Å². The average molecular weight is 350 g/mol. The summed E-state index contributed by atoms with van der Waals surface area (Å²) in [6.45, 7) is 9.65. The second kappa shape index (κ2) is 11.1. The lowest BCUT2D eigenvalue weighted by Crippen LogP contribution is -2.27. The van der Waals surface area contributed by atoms with Gasteiger partial charge in [0.1, 0.15) is 6.61 Å². The van der Waals surface area contributed by atoms with Crippen LogP contribution in [0, 0.1) is 11.3 Å². The maximum atomic E-state index is 11.8. The molecule has 0 saturated carbocycles. The Balaban J connectivity index is 2.45. The molecule has 0 aliphatic rings. The molecule has 0 radical (unpaired) electrons. The molecule has 142 valence electrons. The Morgan fingerprint density at radius 3 is 2.40 bits per heavy atom. The van der Waals surface area contributed by atoms with Gasteiger partial charge in [-0.05, 0) is 30.2 Å². The van der Waals surface area contributed by atoms with Crippen molar-refractivity contribution in [1.82, 2.24) is 0 Å². The zero-order chi connectivity index (χ0) is 18.7. The van der Waals surface area contributed by atoms with Crippen LogP contribution in [0.1, 0.15) is 58.4 Å². The fourth-order valence-corrected chi connectivity index (χ4v) is 2.81. The van der Waals surface area contributed by atoms with Crippen LogP contribution in [0.25, 0.3) is 0 Å². The van der Waals surface area contributed by atoms with Crippen molar-refractivity contribution in [3.63, 3.8) is 0 Å². The Morgan fingerprint density at radius 1 is 1.12 bits per heavy atom. The minimum atomic E-state index is -0.598. The predicted molar refractivity (Wildman–Crippen MR) is 101 cm³/mol. The van der Waals surface area contributed by atoms with Crippen LogP contribution in [-0.2, 0) is 14.2 Å². The molecule has 1 aromatic rings. The van der Waals surface area contributed by atoms with E-state index in [-0.39, 0.29) is 12.0 Å². The monoisotopic (exact) mass is 350 g/mol. The molecule has 2 atom stereocenters. The van der Waals surface area contributed by atoms with Gasteiger partial charge in [0.25, 0.3) is 0 Å². The molecule has 0 heterocycles. The molecule has 0 bridgehead atoms. The Labute approximate surface area is 152 Å². The minimum Gasteiger partial charge on any atom is -0.434 e. The highest BCUT2D eigenvalue weighted by molar-refractivity contribution is 5.59. The molecule has 0 aromatic heterocycles. The van der Waals surface area contributed by atoms with Crippen LogP contribution in [-0.4, -0.2) is 33.1 Å². The molecule has 0 N–H and O–H groups in total. The highest BCUT2D eigenvalue weighted by Gasteiger charge is 2.21. The number of rotatable bonds is 11. The van der Waals surface area contributed by atoms with Crippen molar-refractivity contribution in [2.45, 2.75) is 52.9 Å². The first kappa shape index (κ1) is 21.5. The van der Waals surface area contributed by atoms with Gasteiger partial charge in [-0.25, -0.2) is 4.79 Å². The van der Waals surface area contributed by atoms with Gasteiger partial charge in [0.2, 0.25) is 0 Å². The summed E-state index contributed by atoms with van der Waals surface area (Å²) in [5.74, 6) is 1.04. The molecule has 0 aliphatic heterocycles. The van der Waals surface area contributed by atoms with Crippen LogP contribution >= 0.6 is 0 Å². The number of benzene rings is 1. The van der Waals surface area contributed by atoms with Gasteiger partial charge in [-0.15, -0.1) is 0 Å². The number of carbonyl (C=O) groups is 1. The third-order valence-electron chi connectivity index (χ3n) is 4.46. The zero-order valence-electron chi connectivity index (χ0n) is 16.4. The number of ether oxygens (including phenoxy) is 3. The smallest absolute Gasteiger partial charge is 0.434 e. The molecule has 0 amide bonds. The van der Waals surface area contributed by atoms with E-state index in [0.29, 0.717) is 25.0 Å². The Morgan fingerprint density at radius 2 is 1.80 bits per heavy atom. The van der Waals surface area contributed by atoms with E-state index in [1.165, 1.54) is 5.56 Å². The Kier molecular flexibility index (Phi) is 9.58. The predicted octanol–water partition coefficient (Wildman–Crippen LogP) is 5.42. The van der Waals surface area contributed by atoms with E-state index in [4.69, 9.17) is 14.2 Å². The summed E-state index contributed by atoms with van der Waals surface area (Å²) in [6.07, 6.45) is 2.46. The van der Waals surface area contributed by atoms with Gasteiger partial charge in [-0.2, -0.15) is 0 Å². The normalized spacial score (nSPS) is 14.0. The number of hydrogen-bond donors (Lipinski definition) is 0. The fraction of sp³-hybridized carbons (Fsp3) is 0.667. The van der Waals surface area contributed by atoms with E-state index in [2.05, 4.69) is 38.1 Å². The summed E-state index contributed by atoms with van der Waals surface area (Å²) in [6, 6.07) is 10.5. The van der Waals surface area contributed by atoms with E-state index in [1.807, 2.05) is 19.9 Å². The second-order valence-corrected chi connectivity index (χ2v) is 7.63. The van der Waals surface area contributed by atoms with E-state index < -0.39 is 6.16 Å². The van der Waals surface area contributed by atoms with Crippen LogP contribution in [0.5, 0.6) is 0 Å². The highest BCUT2D eigenvalue weighted by Crippen LogP contribution is 2.28. The summed E-state index contributed by atoms with van der Waals surface area (Å²) in [5, 5.41) is 0. The topological polar surface area (TPSA) is 44.8 Å². The van der Waals surface area contributed by atoms with Crippen LogP contribution in [0.15, 0.2) is 30.3 Å². The average Bonchev–Trinajstić information content (AvgIpc) is 2.59. The fourth-order valence-electron chi connectivity index (χ4n) is 2.81. The maximum Gasteiger partial charge on any atom is 0.508 e. The summed E-state index contributed by atoms with van der Waals surface area (Å²) in [4.78, 5) is 11.8. The molecule has 0 aliphatic carbocycles. The lowest BCUT2D eigenvalue weighted by molar-refractivity contribution is 0.00399. The molecular formula is C21H34O4. The Bertz CT molecular complexity index is 484. The van der Waals surface area contributed by atoms with Crippen molar-refractivity contribution >= 4 is 6.16 Å². The summed E-state index contributed by atoms with van der Waals surface area (Å²) in [7, 11) is 1.64. The lowest BCUT2D eigenvalue weighted by atomic mass is 9.86. The standard InChI is InChI=1S/C21H34O4/c1-6-17(2)14-19(18-10-8-7-9-11-18)12-13-24-20(22)25-16-21(3,4)15-23-5/h7-11,17,19H,6,12-16H2,1-5H3. The molecule has 4 heteroatoms. The third-order valence-corrected chi connectivity index (χ3v) is 4.46. The molecule has 2 unspecified atom stereocenters. The third kappa shape index (κ3) is 8.92. The first-order chi connectivity index (χ1) is 11.9. The van der Waals surface area contributed by atoms with Gasteiger partial charge in [-0.1, -0.05) is 64.4 Å². The van der Waals surface area contributed by atoms with Crippen LogP contribution in [0.4, 0.5) is 4.79 Å². The molecule has 0 spiro atoms. The van der Waals surface area contributed by atoms with E-state index >= 15 is 0 Å². The van der Waals surface area contributed by atoms with E-state index in [1.54, 1.807) is 7.11 Å². The molecule has 0 fully saturated rings. The van der Waals surface area contributed by atoms with Crippen molar-refractivity contribution in [3.8, 4) is 0 Å².